The Kier molecular flexibility index (Phi) is 8.60. The lowest BCUT2D eigenvalue weighted by atomic mass is 9.79. The van der Waals surface area contributed by atoms with Gasteiger partial charge in [0.2, 0.25) is 17.7 Å². The van der Waals surface area contributed by atoms with Crippen molar-refractivity contribution >= 4 is 23.5 Å². The molecule has 0 spiro atoms. The summed E-state index contributed by atoms with van der Waals surface area (Å²) in [4.78, 5) is 54.3. The first-order valence-corrected chi connectivity index (χ1v) is 13.3. The topological polar surface area (TPSA) is 154 Å². The van der Waals surface area contributed by atoms with Gasteiger partial charge >= 0.3 is 0 Å². The van der Waals surface area contributed by atoms with Crippen LogP contribution in [0.15, 0.2) is 18.5 Å². The SMILES string of the molecule is CC[C@H](C)[C@H](NC(=O)CN(C)C)C(=O)N[C@H]1CCc2ccn3c2C1C(=O)C[C@H](C(=O)NCc1c[nH]nn1)C3. The van der Waals surface area contributed by atoms with E-state index in [1.165, 1.54) is 0 Å². The summed E-state index contributed by atoms with van der Waals surface area (Å²) in [6, 6.07) is 0.897. The highest BCUT2D eigenvalue weighted by Crippen LogP contribution is 2.38. The molecule has 0 radical (unpaired) electrons. The van der Waals surface area contributed by atoms with Gasteiger partial charge in [0.05, 0.1) is 24.9 Å². The highest BCUT2D eigenvalue weighted by molar-refractivity contribution is 5.93. The van der Waals surface area contributed by atoms with Crippen LogP contribution in [0.4, 0.5) is 0 Å². The maximum absolute atomic E-state index is 13.6. The average molecular weight is 527 g/mol. The van der Waals surface area contributed by atoms with Crippen LogP contribution in [0.2, 0.25) is 0 Å². The quantitative estimate of drug-likeness (QED) is 0.343. The van der Waals surface area contributed by atoms with Gasteiger partial charge in [-0.25, -0.2) is 0 Å². The number of carbonyl (C=O) groups excluding carboxylic acids is 4. The number of aromatic nitrogens is 4. The molecule has 4 N–H and O–H groups in total. The Morgan fingerprint density at radius 1 is 1.29 bits per heavy atom. The van der Waals surface area contributed by atoms with E-state index < -0.39 is 23.9 Å². The number of H-pyrrole nitrogens is 1. The molecule has 0 bridgehead atoms. The molecule has 0 saturated heterocycles. The Bertz CT molecular complexity index is 1160. The number of ketones is 1. The minimum atomic E-state index is -0.698. The second-order valence-corrected chi connectivity index (χ2v) is 10.7. The van der Waals surface area contributed by atoms with Crippen LogP contribution in [0.3, 0.4) is 0 Å². The number of rotatable bonds is 10. The van der Waals surface area contributed by atoms with E-state index in [9.17, 15) is 19.2 Å². The number of Topliss-reactive ketones (excluding diaryl/α,β-unsaturated/α-hetero) is 1. The molecule has 4 rings (SSSR count). The second kappa shape index (κ2) is 11.9. The Morgan fingerprint density at radius 2 is 2.08 bits per heavy atom. The molecule has 1 aliphatic carbocycles. The van der Waals surface area contributed by atoms with Crippen LogP contribution in [0.1, 0.15) is 56.0 Å². The number of aromatic amines is 1. The fourth-order valence-corrected chi connectivity index (χ4v) is 5.44. The number of nitrogens with zero attached hydrogens (tertiary/aromatic N) is 4. The summed E-state index contributed by atoms with van der Waals surface area (Å²) in [5.41, 5.74) is 2.57. The molecule has 0 saturated carbocycles. The molecule has 2 aliphatic rings. The zero-order valence-electron chi connectivity index (χ0n) is 22.5. The van der Waals surface area contributed by atoms with Crippen molar-refractivity contribution in [2.45, 2.75) is 70.6 Å². The molecule has 0 fully saturated rings. The third kappa shape index (κ3) is 6.12. The maximum Gasteiger partial charge on any atom is 0.243 e. The third-order valence-electron chi connectivity index (χ3n) is 7.61. The smallest absolute Gasteiger partial charge is 0.243 e. The molecule has 38 heavy (non-hydrogen) atoms. The summed E-state index contributed by atoms with van der Waals surface area (Å²) < 4.78 is 1.99. The summed E-state index contributed by atoms with van der Waals surface area (Å²) in [5, 5.41) is 19.0. The minimum absolute atomic E-state index is 0.0629. The standard InChI is InChI=1S/C26H38N8O4/c1-5-15(2)23(30-21(36)14-33(3)4)26(38)29-19-7-6-16-8-9-34-13-17(10-20(35)22(19)24(16)34)25(37)27-11-18-12-28-32-31-18/h8-9,12,15,17,19,22-23H,5-7,10-11,13-14H2,1-4H3,(H,27,37)(H,29,38)(H,30,36)(H,28,31,32)/t15-,17-,19-,22?,23-/m0/s1. The van der Waals surface area contributed by atoms with Crippen LogP contribution in [0.25, 0.3) is 0 Å². The number of carbonyl (C=O) groups is 4. The first-order chi connectivity index (χ1) is 18.2. The van der Waals surface area contributed by atoms with Crippen LogP contribution in [0, 0.1) is 11.8 Å². The molecule has 1 aliphatic heterocycles. The fourth-order valence-electron chi connectivity index (χ4n) is 5.44. The average Bonchev–Trinajstić information content (AvgIpc) is 3.51. The van der Waals surface area contributed by atoms with Crippen molar-refractivity contribution in [3.63, 3.8) is 0 Å². The number of aryl methyl sites for hydroxylation is 1. The van der Waals surface area contributed by atoms with E-state index in [1.54, 1.807) is 25.2 Å². The summed E-state index contributed by atoms with van der Waals surface area (Å²) in [5.74, 6) is -1.94. The van der Waals surface area contributed by atoms with Gasteiger partial charge in [0.25, 0.3) is 0 Å². The number of nitrogens with one attached hydrogen (secondary N) is 4. The predicted molar refractivity (Wildman–Crippen MR) is 139 cm³/mol. The third-order valence-corrected chi connectivity index (χ3v) is 7.61. The Balaban J connectivity index is 1.50. The molecule has 206 valence electrons. The van der Waals surface area contributed by atoms with Crippen molar-refractivity contribution in [3.8, 4) is 0 Å². The van der Waals surface area contributed by atoms with Gasteiger partial charge in [0.15, 0.2) is 0 Å². The van der Waals surface area contributed by atoms with Gasteiger partial charge < -0.3 is 25.4 Å². The first-order valence-electron chi connectivity index (χ1n) is 13.3. The van der Waals surface area contributed by atoms with Gasteiger partial charge in [-0.3, -0.25) is 24.3 Å². The number of hydrogen-bond donors (Lipinski definition) is 4. The van der Waals surface area contributed by atoms with E-state index in [-0.39, 0.29) is 48.9 Å². The predicted octanol–water partition coefficient (Wildman–Crippen LogP) is 0.119. The largest absolute Gasteiger partial charge is 0.350 e. The van der Waals surface area contributed by atoms with Crippen LogP contribution in [-0.4, -0.2) is 81.1 Å². The van der Waals surface area contributed by atoms with Gasteiger partial charge in [-0.2, -0.15) is 0 Å². The summed E-state index contributed by atoms with van der Waals surface area (Å²) in [7, 11) is 3.60. The van der Waals surface area contributed by atoms with Gasteiger partial charge in [0.1, 0.15) is 17.5 Å². The highest BCUT2D eigenvalue weighted by atomic mass is 16.2. The van der Waals surface area contributed by atoms with E-state index in [0.717, 1.165) is 17.7 Å². The van der Waals surface area contributed by atoms with E-state index in [1.807, 2.05) is 30.7 Å². The fraction of sp³-hybridized carbons (Fsp3) is 0.615. The molecule has 3 amide bonds. The second-order valence-electron chi connectivity index (χ2n) is 10.7. The Hall–Kier alpha value is -3.54. The Labute approximate surface area is 222 Å². The van der Waals surface area contributed by atoms with Gasteiger partial charge in [-0.15, -0.1) is 5.10 Å². The van der Waals surface area contributed by atoms with Gasteiger partial charge in [-0.1, -0.05) is 25.5 Å². The molecule has 3 heterocycles. The van der Waals surface area contributed by atoms with Crippen molar-refractivity contribution in [1.82, 2.24) is 40.8 Å². The van der Waals surface area contributed by atoms with E-state index in [0.29, 0.717) is 25.1 Å². The maximum atomic E-state index is 13.6. The first kappa shape index (κ1) is 27.5. The van der Waals surface area contributed by atoms with Crippen LogP contribution in [0.5, 0.6) is 0 Å². The molecular formula is C26H38N8O4. The molecule has 2 aromatic rings. The normalized spacial score (nSPS) is 22.2. The molecule has 0 aromatic carbocycles. The summed E-state index contributed by atoms with van der Waals surface area (Å²) in [6.45, 7) is 4.71. The summed E-state index contributed by atoms with van der Waals surface area (Å²) in [6.07, 6.45) is 5.67. The lowest BCUT2D eigenvalue weighted by Gasteiger charge is -2.34. The molecule has 12 nitrogen and oxygen atoms in total. The zero-order chi connectivity index (χ0) is 27.4. The Morgan fingerprint density at radius 3 is 2.76 bits per heavy atom. The van der Waals surface area contributed by atoms with E-state index >= 15 is 0 Å². The van der Waals surface area contributed by atoms with Crippen molar-refractivity contribution < 1.29 is 19.2 Å². The molecular weight excluding hydrogens is 488 g/mol. The number of hydrogen-bond acceptors (Lipinski definition) is 7. The monoisotopic (exact) mass is 526 g/mol. The van der Waals surface area contributed by atoms with E-state index in [2.05, 4.69) is 31.4 Å². The lowest BCUT2D eigenvalue weighted by molar-refractivity contribution is -0.132. The molecule has 2 aromatic heterocycles. The van der Waals surface area contributed by atoms with Gasteiger partial charge in [-0.05, 0) is 44.5 Å². The van der Waals surface area contributed by atoms with Gasteiger partial charge in [0, 0.05) is 37.1 Å². The number of amides is 3. The van der Waals surface area contributed by atoms with Crippen molar-refractivity contribution in [2.75, 3.05) is 20.6 Å². The minimum Gasteiger partial charge on any atom is -0.350 e. The molecule has 12 heteroatoms. The van der Waals surface area contributed by atoms with E-state index in [4.69, 9.17) is 0 Å². The van der Waals surface area contributed by atoms with Crippen LogP contribution >= 0.6 is 0 Å². The van der Waals surface area contributed by atoms with Crippen LogP contribution in [-0.2, 0) is 38.7 Å². The summed E-state index contributed by atoms with van der Waals surface area (Å²) >= 11 is 0. The zero-order valence-corrected chi connectivity index (χ0v) is 22.5. The van der Waals surface area contributed by atoms with Crippen molar-refractivity contribution in [2.24, 2.45) is 11.8 Å². The highest BCUT2D eigenvalue weighted by Gasteiger charge is 2.43. The molecule has 1 unspecified atom stereocenters. The van der Waals surface area contributed by atoms with Crippen molar-refractivity contribution in [1.29, 1.82) is 0 Å². The lowest BCUT2D eigenvalue weighted by Crippen LogP contribution is -2.55. The number of likely N-dealkylation sites (N-methyl/N-ethyl adjacent to an activating group) is 1. The molecule has 5 atom stereocenters. The van der Waals surface area contributed by atoms with Crippen LogP contribution < -0.4 is 16.0 Å². The van der Waals surface area contributed by atoms with Crippen molar-refractivity contribution in [3.05, 3.63) is 35.4 Å².